The number of anilines is 2. The number of hydrogen-bond acceptors (Lipinski definition) is 4. The van der Waals surface area contributed by atoms with Crippen LogP contribution in [0.5, 0.6) is 5.75 Å². The molecule has 0 radical (unpaired) electrons. The van der Waals surface area contributed by atoms with Gasteiger partial charge in [0.2, 0.25) is 0 Å². The van der Waals surface area contributed by atoms with Crippen molar-refractivity contribution < 1.29 is 4.74 Å². The van der Waals surface area contributed by atoms with Crippen molar-refractivity contribution >= 4 is 28.7 Å². The predicted molar refractivity (Wildman–Crippen MR) is 81.2 cm³/mol. The number of aromatic nitrogens is 1. The van der Waals surface area contributed by atoms with Crippen LogP contribution in [0.15, 0.2) is 42.6 Å². The van der Waals surface area contributed by atoms with Gasteiger partial charge in [0.05, 0.1) is 13.3 Å². The van der Waals surface area contributed by atoms with Crippen LogP contribution < -0.4 is 15.4 Å². The van der Waals surface area contributed by atoms with Gasteiger partial charge in [-0.2, -0.15) is 0 Å². The summed E-state index contributed by atoms with van der Waals surface area (Å²) < 4.78 is 5.09. The van der Waals surface area contributed by atoms with E-state index >= 15 is 0 Å². The first-order valence-electron chi connectivity index (χ1n) is 5.75. The average Bonchev–Trinajstić information content (AvgIpc) is 2.46. The largest absolute Gasteiger partial charge is 0.495 e. The molecule has 5 heteroatoms. The highest BCUT2D eigenvalue weighted by atomic mass is 32.1. The standard InChI is InChI=1S/C14H15N3OS/c1-17(13-7-6-12(18-2)9-16-13)11-5-3-4-10(8-11)14(15)19/h3-9H,1-2H3,(H2,15,19). The number of rotatable bonds is 4. The fraction of sp³-hybridized carbons (Fsp3) is 0.143. The summed E-state index contributed by atoms with van der Waals surface area (Å²) in [5.41, 5.74) is 7.46. The summed E-state index contributed by atoms with van der Waals surface area (Å²) in [5, 5.41) is 0. The first-order valence-corrected chi connectivity index (χ1v) is 6.16. The SMILES string of the molecule is COc1ccc(N(C)c2cccc(C(N)=S)c2)nc1. The van der Waals surface area contributed by atoms with E-state index in [0.29, 0.717) is 4.99 Å². The normalized spacial score (nSPS) is 10.0. The van der Waals surface area contributed by atoms with Gasteiger partial charge < -0.3 is 15.4 Å². The maximum atomic E-state index is 5.64. The van der Waals surface area contributed by atoms with Crippen molar-refractivity contribution in [2.75, 3.05) is 19.1 Å². The van der Waals surface area contributed by atoms with Crippen molar-refractivity contribution in [3.63, 3.8) is 0 Å². The Kier molecular flexibility index (Phi) is 3.97. The molecule has 0 aliphatic rings. The summed E-state index contributed by atoms with van der Waals surface area (Å²) in [6, 6.07) is 11.5. The first kappa shape index (κ1) is 13.3. The van der Waals surface area contributed by atoms with Crippen molar-refractivity contribution in [3.05, 3.63) is 48.2 Å². The Morgan fingerprint density at radius 2 is 2.11 bits per heavy atom. The van der Waals surface area contributed by atoms with E-state index in [9.17, 15) is 0 Å². The zero-order chi connectivity index (χ0) is 13.8. The molecule has 0 atom stereocenters. The van der Waals surface area contributed by atoms with Crippen LogP contribution in [0.1, 0.15) is 5.56 Å². The third-order valence-electron chi connectivity index (χ3n) is 2.82. The third-order valence-corrected chi connectivity index (χ3v) is 3.05. The van der Waals surface area contributed by atoms with Gasteiger partial charge in [0.15, 0.2) is 0 Å². The summed E-state index contributed by atoms with van der Waals surface area (Å²) in [4.78, 5) is 6.68. The molecule has 98 valence electrons. The van der Waals surface area contributed by atoms with Gasteiger partial charge >= 0.3 is 0 Å². The highest BCUT2D eigenvalue weighted by molar-refractivity contribution is 7.80. The van der Waals surface area contributed by atoms with Gasteiger partial charge in [-0.05, 0) is 24.3 Å². The number of methoxy groups -OCH3 is 1. The molecule has 0 unspecified atom stereocenters. The van der Waals surface area contributed by atoms with Crippen molar-refractivity contribution in [2.24, 2.45) is 5.73 Å². The smallest absolute Gasteiger partial charge is 0.137 e. The molecule has 2 aromatic rings. The van der Waals surface area contributed by atoms with E-state index < -0.39 is 0 Å². The van der Waals surface area contributed by atoms with Crippen molar-refractivity contribution in [1.82, 2.24) is 4.98 Å². The molecule has 4 nitrogen and oxygen atoms in total. The van der Waals surface area contributed by atoms with Crippen LogP contribution in [0.4, 0.5) is 11.5 Å². The van der Waals surface area contributed by atoms with Gasteiger partial charge in [0.25, 0.3) is 0 Å². The minimum Gasteiger partial charge on any atom is -0.495 e. The van der Waals surface area contributed by atoms with Crippen molar-refractivity contribution in [3.8, 4) is 5.75 Å². The number of nitrogens with zero attached hydrogens (tertiary/aromatic N) is 2. The van der Waals surface area contributed by atoms with E-state index in [0.717, 1.165) is 22.8 Å². The predicted octanol–water partition coefficient (Wildman–Crippen LogP) is 2.49. The lowest BCUT2D eigenvalue weighted by Crippen LogP contribution is -2.14. The van der Waals surface area contributed by atoms with Crippen molar-refractivity contribution in [1.29, 1.82) is 0 Å². The van der Waals surface area contributed by atoms with Gasteiger partial charge in [-0.25, -0.2) is 4.98 Å². The number of ether oxygens (including phenoxy) is 1. The Labute approximate surface area is 117 Å². The van der Waals surface area contributed by atoms with E-state index in [2.05, 4.69) is 4.98 Å². The van der Waals surface area contributed by atoms with Crippen LogP contribution in [-0.4, -0.2) is 24.1 Å². The Morgan fingerprint density at radius 1 is 1.32 bits per heavy atom. The molecule has 0 spiro atoms. The summed E-state index contributed by atoms with van der Waals surface area (Å²) in [6.45, 7) is 0. The second kappa shape index (κ2) is 5.67. The summed E-state index contributed by atoms with van der Waals surface area (Å²) in [7, 11) is 3.56. The molecule has 1 heterocycles. The molecule has 1 aromatic heterocycles. The molecule has 1 aromatic carbocycles. The summed E-state index contributed by atoms with van der Waals surface area (Å²) in [5.74, 6) is 1.55. The molecule has 0 amide bonds. The van der Waals surface area contributed by atoms with Gasteiger partial charge in [0, 0.05) is 18.3 Å². The molecule has 19 heavy (non-hydrogen) atoms. The van der Waals surface area contributed by atoms with E-state index in [-0.39, 0.29) is 0 Å². The fourth-order valence-corrected chi connectivity index (χ4v) is 1.82. The maximum absolute atomic E-state index is 5.64. The third kappa shape index (κ3) is 3.00. The number of benzene rings is 1. The topological polar surface area (TPSA) is 51.4 Å². The Morgan fingerprint density at radius 3 is 2.68 bits per heavy atom. The number of nitrogens with two attached hydrogens (primary N) is 1. The summed E-state index contributed by atoms with van der Waals surface area (Å²) >= 11 is 4.98. The second-order valence-corrected chi connectivity index (χ2v) is 4.47. The summed E-state index contributed by atoms with van der Waals surface area (Å²) in [6.07, 6.45) is 1.68. The fourth-order valence-electron chi connectivity index (χ4n) is 1.69. The molecule has 0 saturated heterocycles. The van der Waals surface area contributed by atoms with E-state index in [1.54, 1.807) is 13.3 Å². The molecule has 2 rings (SSSR count). The van der Waals surface area contributed by atoms with Gasteiger partial charge in [0.1, 0.15) is 16.6 Å². The zero-order valence-electron chi connectivity index (χ0n) is 10.8. The minimum atomic E-state index is 0.387. The Balaban J connectivity index is 2.29. The monoisotopic (exact) mass is 273 g/mol. The number of thiocarbonyl (C=S) groups is 1. The Hall–Kier alpha value is -2.14. The van der Waals surface area contributed by atoms with E-state index in [1.807, 2.05) is 48.3 Å². The van der Waals surface area contributed by atoms with Gasteiger partial charge in [-0.3, -0.25) is 0 Å². The van der Waals surface area contributed by atoms with Crippen LogP contribution in [0.3, 0.4) is 0 Å². The average molecular weight is 273 g/mol. The Bertz CT molecular complexity index is 583. The maximum Gasteiger partial charge on any atom is 0.137 e. The molecule has 0 saturated carbocycles. The number of hydrogen-bond donors (Lipinski definition) is 1. The molecular weight excluding hydrogens is 258 g/mol. The van der Waals surface area contributed by atoms with E-state index in [1.165, 1.54) is 0 Å². The van der Waals surface area contributed by atoms with Gasteiger partial charge in [-0.15, -0.1) is 0 Å². The van der Waals surface area contributed by atoms with Crippen LogP contribution in [0.25, 0.3) is 0 Å². The highest BCUT2D eigenvalue weighted by Gasteiger charge is 2.07. The van der Waals surface area contributed by atoms with Gasteiger partial charge in [-0.1, -0.05) is 24.4 Å². The molecule has 0 fully saturated rings. The molecule has 0 bridgehead atoms. The zero-order valence-corrected chi connectivity index (χ0v) is 11.6. The lowest BCUT2D eigenvalue weighted by atomic mass is 10.2. The van der Waals surface area contributed by atoms with E-state index in [4.69, 9.17) is 22.7 Å². The van der Waals surface area contributed by atoms with Crippen LogP contribution >= 0.6 is 12.2 Å². The van der Waals surface area contributed by atoms with Crippen LogP contribution in [0.2, 0.25) is 0 Å². The molecular formula is C14H15N3OS. The molecule has 2 N–H and O–H groups in total. The molecule has 0 aliphatic carbocycles. The van der Waals surface area contributed by atoms with Crippen LogP contribution in [-0.2, 0) is 0 Å². The van der Waals surface area contributed by atoms with Crippen LogP contribution in [0, 0.1) is 0 Å². The highest BCUT2D eigenvalue weighted by Crippen LogP contribution is 2.23. The quantitative estimate of drug-likeness (QED) is 0.867. The first-order chi connectivity index (χ1) is 9.11. The van der Waals surface area contributed by atoms with Crippen molar-refractivity contribution in [2.45, 2.75) is 0 Å². The molecule has 0 aliphatic heterocycles. The number of pyridine rings is 1. The lowest BCUT2D eigenvalue weighted by molar-refractivity contribution is 0.413. The second-order valence-electron chi connectivity index (χ2n) is 4.03. The lowest BCUT2D eigenvalue weighted by Gasteiger charge is -2.19. The minimum absolute atomic E-state index is 0.387.